The maximum absolute atomic E-state index is 12.0. The fourth-order valence-corrected chi connectivity index (χ4v) is 3.75. The van der Waals surface area contributed by atoms with Crippen LogP contribution in [0.4, 0.5) is 5.82 Å². The number of nitrogens with zero attached hydrogens (tertiary/aromatic N) is 1. The van der Waals surface area contributed by atoms with E-state index in [1.807, 2.05) is 13.8 Å². The third-order valence-electron chi connectivity index (χ3n) is 2.32. The van der Waals surface area contributed by atoms with Crippen molar-refractivity contribution in [1.82, 2.24) is 10.2 Å². The molecule has 2 rings (SSSR count). The second-order valence-electron chi connectivity index (χ2n) is 3.59. The first-order valence-electron chi connectivity index (χ1n) is 5.14. The number of anilines is 1. The Morgan fingerprint density at radius 1 is 1.47 bits per heavy atom. The molecule has 5 nitrogen and oxygen atoms in total. The predicted octanol–water partition coefficient (Wildman–Crippen LogP) is 2.14. The van der Waals surface area contributed by atoms with E-state index in [9.17, 15) is 8.42 Å². The van der Waals surface area contributed by atoms with Gasteiger partial charge in [0.15, 0.2) is 0 Å². The Morgan fingerprint density at radius 3 is 2.82 bits per heavy atom. The van der Waals surface area contributed by atoms with E-state index < -0.39 is 10.0 Å². The van der Waals surface area contributed by atoms with Gasteiger partial charge in [0.25, 0.3) is 10.0 Å². The number of nitrogens with one attached hydrogen (secondary N) is 2. The molecule has 0 spiro atoms. The summed E-state index contributed by atoms with van der Waals surface area (Å²) in [5, 5.41) is 6.48. The second-order valence-corrected chi connectivity index (χ2v) is 6.79. The average molecular weight is 271 g/mol. The molecule has 0 atom stereocenters. The standard InChI is InChI=1S/C10H13N3O2S2/c1-3-8-6-11-12-10(8)13-17(14,15)9-5-4-7(2)16-9/h4-6H,3H2,1-2H3,(H2,11,12,13). The number of H-pyrrole nitrogens is 1. The van der Waals surface area contributed by atoms with Gasteiger partial charge in [-0.3, -0.25) is 9.82 Å². The number of rotatable bonds is 4. The Kier molecular flexibility index (Phi) is 3.21. The highest BCUT2D eigenvalue weighted by atomic mass is 32.2. The molecule has 0 aliphatic heterocycles. The predicted molar refractivity (Wildman–Crippen MR) is 67.8 cm³/mol. The zero-order valence-electron chi connectivity index (χ0n) is 9.52. The quantitative estimate of drug-likeness (QED) is 0.894. The SMILES string of the molecule is CCc1cn[nH]c1NS(=O)(=O)c1ccc(C)s1. The molecule has 0 amide bonds. The Bertz CT molecular complexity index is 613. The summed E-state index contributed by atoms with van der Waals surface area (Å²) in [6.45, 7) is 3.81. The summed E-state index contributed by atoms with van der Waals surface area (Å²) in [4.78, 5) is 0.964. The molecule has 0 aliphatic rings. The number of aryl methyl sites for hydroxylation is 2. The molecule has 0 aliphatic carbocycles. The van der Waals surface area contributed by atoms with Crippen molar-refractivity contribution in [3.8, 4) is 0 Å². The van der Waals surface area contributed by atoms with Crippen molar-refractivity contribution in [2.45, 2.75) is 24.5 Å². The molecule has 0 radical (unpaired) electrons. The normalized spacial score (nSPS) is 11.6. The van der Waals surface area contributed by atoms with E-state index in [0.29, 0.717) is 10.0 Å². The molecule has 2 N–H and O–H groups in total. The molecule has 7 heteroatoms. The topological polar surface area (TPSA) is 74.8 Å². The summed E-state index contributed by atoms with van der Waals surface area (Å²) in [5.41, 5.74) is 0.849. The second kappa shape index (κ2) is 4.50. The lowest BCUT2D eigenvalue weighted by Crippen LogP contribution is -2.12. The fourth-order valence-electron chi connectivity index (χ4n) is 1.41. The van der Waals surface area contributed by atoms with Crippen LogP contribution in [0, 0.1) is 6.92 Å². The van der Waals surface area contributed by atoms with Crippen LogP contribution < -0.4 is 4.72 Å². The summed E-state index contributed by atoms with van der Waals surface area (Å²) in [6.07, 6.45) is 2.34. The molecular formula is C10H13N3O2S2. The number of sulfonamides is 1. The molecule has 0 saturated heterocycles. The summed E-state index contributed by atoms with van der Waals surface area (Å²) < 4.78 is 26.9. The van der Waals surface area contributed by atoms with Crippen LogP contribution in [0.1, 0.15) is 17.4 Å². The molecule has 2 aromatic rings. The maximum Gasteiger partial charge on any atom is 0.272 e. The largest absolute Gasteiger partial charge is 0.272 e. The minimum absolute atomic E-state index is 0.312. The maximum atomic E-state index is 12.0. The lowest BCUT2D eigenvalue weighted by Gasteiger charge is -2.05. The zero-order chi connectivity index (χ0) is 12.5. The molecule has 0 fully saturated rings. The van der Waals surface area contributed by atoms with Crippen molar-refractivity contribution in [3.05, 3.63) is 28.8 Å². The average Bonchev–Trinajstić information content (AvgIpc) is 2.86. The molecular weight excluding hydrogens is 258 g/mol. The number of hydrogen-bond acceptors (Lipinski definition) is 4. The monoisotopic (exact) mass is 271 g/mol. The van der Waals surface area contributed by atoms with Crippen molar-refractivity contribution in [2.24, 2.45) is 0 Å². The van der Waals surface area contributed by atoms with E-state index in [0.717, 1.165) is 16.9 Å². The van der Waals surface area contributed by atoms with Gasteiger partial charge < -0.3 is 0 Å². The minimum Gasteiger partial charge on any atom is -0.263 e. The van der Waals surface area contributed by atoms with Crippen molar-refractivity contribution < 1.29 is 8.42 Å². The van der Waals surface area contributed by atoms with Crippen LogP contribution in [-0.4, -0.2) is 18.6 Å². The van der Waals surface area contributed by atoms with Gasteiger partial charge in [-0.1, -0.05) is 6.92 Å². The van der Waals surface area contributed by atoms with Gasteiger partial charge in [0, 0.05) is 10.4 Å². The highest BCUT2D eigenvalue weighted by Crippen LogP contribution is 2.23. The first kappa shape index (κ1) is 12.1. The number of thiophene rings is 1. The van der Waals surface area contributed by atoms with Crippen LogP contribution in [-0.2, 0) is 16.4 Å². The third kappa shape index (κ3) is 2.50. The lowest BCUT2D eigenvalue weighted by atomic mass is 10.3. The smallest absolute Gasteiger partial charge is 0.263 e. The Morgan fingerprint density at radius 2 is 2.24 bits per heavy atom. The van der Waals surface area contributed by atoms with Gasteiger partial charge in [0.1, 0.15) is 10.0 Å². The van der Waals surface area contributed by atoms with Crippen molar-refractivity contribution in [1.29, 1.82) is 0 Å². The van der Waals surface area contributed by atoms with Crippen LogP contribution in [0.5, 0.6) is 0 Å². The van der Waals surface area contributed by atoms with E-state index in [1.54, 1.807) is 18.3 Å². The summed E-state index contributed by atoms with van der Waals surface area (Å²) >= 11 is 1.25. The number of aromatic nitrogens is 2. The fraction of sp³-hybridized carbons (Fsp3) is 0.300. The zero-order valence-corrected chi connectivity index (χ0v) is 11.2. The molecule has 0 saturated carbocycles. The van der Waals surface area contributed by atoms with Crippen LogP contribution in [0.25, 0.3) is 0 Å². The first-order valence-corrected chi connectivity index (χ1v) is 7.44. The molecule has 2 aromatic heterocycles. The van der Waals surface area contributed by atoms with Crippen LogP contribution >= 0.6 is 11.3 Å². The van der Waals surface area contributed by atoms with Gasteiger partial charge in [-0.25, -0.2) is 8.42 Å². The van der Waals surface area contributed by atoms with Crippen molar-refractivity contribution in [3.63, 3.8) is 0 Å². The molecule has 0 bridgehead atoms. The van der Waals surface area contributed by atoms with Crippen LogP contribution in [0.2, 0.25) is 0 Å². The van der Waals surface area contributed by atoms with Gasteiger partial charge in [0.2, 0.25) is 0 Å². The molecule has 0 aromatic carbocycles. The van der Waals surface area contributed by atoms with Crippen molar-refractivity contribution in [2.75, 3.05) is 4.72 Å². The van der Waals surface area contributed by atoms with E-state index in [1.165, 1.54) is 11.3 Å². The van der Waals surface area contributed by atoms with Gasteiger partial charge in [-0.15, -0.1) is 11.3 Å². The highest BCUT2D eigenvalue weighted by Gasteiger charge is 2.18. The minimum atomic E-state index is -3.50. The molecule has 92 valence electrons. The third-order valence-corrected chi connectivity index (χ3v) is 5.16. The van der Waals surface area contributed by atoms with E-state index in [2.05, 4.69) is 14.9 Å². The first-order chi connectivity index (χ1) is 8.03. The number of aromatic amines is 1. The van der Waals surface area contributed by atoms with Gasteiger partial charge in [-0.05, 0) is 25.5 Å². The van der Waals surface area contributed by atoms with Crippen molar-refractivity contribution >= 4 is 27.2 Å². The molecule has 17 heavy (non-hydrogen) atoms. The van der Waals surface area contributed by atoms with Gasteiger partial charge in [0.05, 0.1) is 6.20 Å². The Balaban J connectivity index is 2.29. The van der Waals surface area contributed by atoms with Crippen LogP contribution in [0.15, 0.2) is 22.5 Å². The molecule has 0 unspecified atom stereocenters. The summed E-state index contributed by atoms with van der Waals surface area (Å²) in [5.74, 6) is 0.443. The summed E-state index contributed by atoms with van der Waals surface area (Å²) in [7, 11) is -3.50. The number of hydrogen-bond donors (Lipinski definition) is 2. The lowest BCUT2D eigenvalue weighted by molar-refractivity contribution is 0.603. The van der Waals surface area contributed by atoms with Crippen LogP contribution in [0.3, 0.4) is 0 Å². The van der Waals surface area contributed by atoms with E-state index >= 15 is 0 Å². The van der Waals surface area contributed by atoms with E-state index in [-0.39, 0.29) is 0 Å². The Hall–Kier alpha value is -1.34. The molecule has 2 heterocycles. The Labute approximate surface area is 104 Å². The highest BCUT2D eigenvalue weighted by molar-refractivity contribution is 7.94. The van der Waals surface area contributed by atoms with Gasteiger partial charge >= 0.3 is 0 Å². The summed E-state index contributed by atoms with van der Waals surface area (Å²) in [6, 6.07) is 3.39. The van der Waals surface area contributed by atoms with E-state index in [4.69, 9.17) is 0 Å². The van der Waals surface area contributed by atoms with Gasteiger partial charge in [-0.2, -0.15) is 5.10 Å².